The summed E-state index contributed by atoms with van der Waals surface area (Å²) in [5.74, 6) is 1.92. The van der Waals surface area contributed by atoms with Gasteiger partial charge in [0.15, 0.2) is 0 Å². The predicted octanol–water partition coefficient (Wildman–Crippen LogP) is 4.20. The zero-order valence-corrected chi connectivity index (χ0v) is 15.4. The van der Waals surface area contributed by atoms with Crippen LogP contribution in [0.15, 0.2) is 18.2 Å². The minimum Gasteiger partial charge on any atom is -0.490 e. The number of rotatable bonds is 11. The highest BCUT2D eigenvalue weighted by Crippen LogP contribution is 2.32. The Morgan fingerprint density at radius 3 is 2.88 bits per heavy atom. The summed E-state index contributed by atoms with van der Waals surface area (Å²) in [7, 11) is 0. The van der Waals surface area contributed by atoms with Gasteiger partial charge >= 0.3 is 0 Å². The molecule has 5 heteroatoms. The van der Waals surface area contributed by atoms with E-state index in [9.17, 15) is 4.79 Å². The molecule has 4 nitrogen and oxygen atoms in total. The molecule has 2 rings (SSSR count). The third-order valence-electron chi connectivity index (χ3n) is 4.22. The average Bonchev–Trinajstić information content (AvgIpc) is 3.36. The number of nitrogens with one attached hydrogen (secondary N) is 1. The Bertz CT molecular complexity index is 531. The lowest BCUT2D eigenvalue weighted by molar-refractivity contribution is -0.121. The van der Waals surface area contributed by atoms with Crippen molar-refractivity contribution in [1.82, 2.24) is 5.32 Å². The normalized spacial score (nSPS) is 15.1. The molecule has 1 aromatic carbocycles. The van der Waals surface area contributed by atoms with Crippen LogP contribution in [0.5, 0.6) is 5.75 Å². The number of carbonyl (C=O) groups excluding carboxylic acids is 1. The Labute approximate surface area is 149 Å². The Morgan fingerprint density at radius 2 is 2.21 bits per heavy atom. The second-order valence-corrected chi connectivity index (χ2v) is 7.05. The van der Waals surface area contributed by atoms with Gasteiger partial charge in [-0.15, -0.1) is 0 Å². The number of hydrogen-bond donors (Lipinski definition) is 1. The fraction of sp³-hybridized carbons (Fsp3) is 0.632. The third kappa shape index (κ3) is 7.10. The molecule has 1 fully saturated rings. The molecule has 1 amide bonds. The van der Waals surface area contributed by atoms with Gasteiger partial charge in [-0.1, -0.05) is 37.9 Å². The van der Waals surface area contributed by atoms with Crippen LogP contribution in [0.1, 0.15) is 45.1 Å². The van der Waals surface area contributed by atoms with Crippen LogP contribution < -0.4 is 10.1 Å². The Morgan fingerprint density at radius 1 is 1.42 bits per heavy atom. The first-order valence-electron chi connectivity index (χ1n) is 8.84. The Hall–Kier alpha value is -1.26. The molecule has 24 heavy (non-hydrogen) atoms. The fourth-order valence-corrected chi connectivity index (χ4v) is 2.51. The largest absolute Gasteiger partial charge is 0.490 e. The smallest absolute Gasteiger partial charge is 0.220 e. The second kappa shape index (κ2) is 9.90. The van der Waals surface area contributed by atoms with E-state index in [2.05, 4.69) is 19.2 Å². The van der Waals surface area contributed by atoms with E-state index in [-0.39, 0.29) is 5.91 Å². The second-order valence-electron chi connectivity index (χ2n) is 6.64. The van der Waals surface area contributed by atoms with Crippen LogP contribution in [0.2, 0.25) is 5.02 Å². The van der Waals surface area contributed by atoms with E-state index in [1.165, 1.54) is 12.8 Å². The van der Waals surface area contributed by atoms with E-state index in [0.29, 0.717) is 48.8 Å². The van der Waals surface area contributed by atoms with Gasteiger partial charge in [0, 0.05) is 13.0 Å². The molecule has 1 unspecified atom stereocenters. The molecule has 1 aliphatic rings. The van der Waals surface area contributed by atoms with Crippen LogP contribution in [0.25, 0.3) is 0 Å². The van der Waals surface area contributed by atoms with E-state index in [0.717, 1.165) is 18.6 Å². The molecule has 1 aromatic rings. The van der Waals surface area contributed by atoms with Crippen molar-refractivity contribution in [2.24, 2.45) is 11.8 Å². The highest BCUT2D eigenvalue weighted by molar-refractivity contribution is 6.32. The van der Waals surface area contributed by atoms with E-state index in [4.69, 9.17) is 21.1 Å². The number of benzene rings is 1. The average molecular weight is 354 g/mol. The van der Waals surface area contributed by atoms with Crippen LogP contribution >= 0.6 is 11.6 Å². The minimum absolute atomic E-state index is 0.112. The summed E-state index contributed by atoms with van der Waals surface area (Å²) in [5.41, 5.74) is 1.04. The quantitative estimate of drug-likeness (QED) is 0.606. The maximum atomic E-state index is 11.6. The van der Waals surface area contributed by atoms with Crippen molar-refractivity contribution in [1.29, 1.82) is 0 Å². The summed E-state index contributed by atoms with van der Waals surface area (Å²) < 4.78 is 11.3. The standard InChI is InChI=1S/C19H28ClNO3/c1-3-14(2)12-23-13-16-6-7-18(17(20)10-16)24-9-8-21-19(22)11-15-4-5-15/h6-7,10,14-15H,3-5,8-9,11-13H2,1-2H3,(H,21,22). The fourth-order valence-electron chi connectivity index (χ4n) is 2.25. The zero-order chi connectivity index (χ0) is 17.4. The summed E-state index contributed by atoms with van der Waals surface area (Å²) >= 11 is 6.25. The highest BCUT2D eigenvalue weighted by atomic mass is 35.5. The SMILES string of the molecule is CCC(C)COCc1ccc(OCCNC(=O)CC2CC2)c(Cl)c1. The van der Waals surface area contributed by atoms with Crippen molar-refractivity contribution in [2.75, 3.05) is 19.8 Å². The van der Waals surface area contributed by atoms with Crippen molar-refractivity contribution < 1.29 is 14.3 Å². The van der Waals surface area contributed by atoms with Crippen molar-refractivity contribution >= 4 is 17.5 Å². The van der Waals surface area contributed by atoms with Crippen LogP contribution in [-0.4, -0.2) is 25.7 Å². The number of halogens is 1. The van der Waals surface area contributed by atoms with Gasteiger partial charge in [0.2, 0.25) is 5.91 Å². The molecule has 0 heterocycles. The Kier molecular flexibility index (Phi) is 7.86. The molecule has 0 saturated heterocycles. The molecular weight excluding hydrogens is 326 g/mol. The lowest BCUT2D eigenvalue weighted by atomic mass is 10.1. The van der Waals surface area contributed by atoms with E-state index in [1.54, 1.807) is 0 Å². The Balaban J connectivity index is 1.66. The van der Waals surface area contributed by atoms with Crippen LogP contribution in [0.3, 0.4) is 0 Å². The van der Waals surface area contributed by atoms with Crippen LogP contribution in [0, 0.1) is 11.8 Å². The van der Waals surface area contributed by atoms with Crippen LogP contribution in [-0.2, 0) is 16.1 Å². The lowest BCUT2D eigenvalue weighted by Crippen LogP contribution is -2.28. The molecule has 134 valence electrons. The minimum atomic E-state index is 0.112. The maximum Gasteiger partial charge on any atom is 0.220 e. The summed E-state index contributed by atoms with van der Waals surface area (Å²) in [5, 5.41) is 3.45. The van der Waals surface area contributed by atoms with E-state index < -0.39 is 0 Å². The van der Waals surface area contributed by atoms with Gasteiger partial charge in [0.25, 0.3) is 0 Å². The molecule has 0 bridgehead atoms. The van der Waals surface area contributed by atoms with Crippen molar-refractivity contribution in [3.8, 4) is 5.75 Å². The van der Waals surface area contributed by atoms with Gasteiger partial charge in [0.05, 0.1) is 18.2 Å². The topological polar surface area (TPSA) is 47.6 Å². The van der Waals surface area contributed by atoms with Gasteiger partial charge < -0.3 is 14.8 Å². The molecule has 1 atom stereocenters. The predicted molar refractivity (Wildman–Crippen MR) is 96.4 cm³/mol. The van der Waals surface area contributed by atoms with E-state index >= 15 is 0 Å². The van der Waals surface area contributed by atoms with Crippen LogP contribution in [0.4, 0.5) is 0 Å². The van der Waals surface area contributed by atoms with Gasteiger partial charge in [0.1, 0.15) is 12.4 Å². The summed E-state index contributed by atoms with van der Waals surface area (Å²) in [6, 6.07) is 5.69. The number of hydrogen-bond acceptors (Lipinski definition) is 3. The van der Waals surface area contributed by atoms with E-state index in [1.807, 2.05) is 18.2 Å². The number of amides is 1. The van der Waals surface area contributed by atoms with Gasteiger partial charge in [-0.3, -0.25) is 4.79 Å². The molecule has 0 spiro atoms. The summed E-state index contributed by atoms with van der Waals surface area (Å²) in [4.78, 5) is 11.6. The van der Waals surface area contributed by atoms with Gasteiger partial charge in [-0.25, -0.2) is 0 Å². The first-order chi connectivity index (χ1) is 11.6. The van der Waals surface area contributed by atoms with Crippen molar-refractivity contribution in [3.63, 3.8) is 0 Å². The summed E-state index contributed by atoms with van der Waals surface area (Å²) in [6.07, 6.45) is 4.14. The highest BCUT2D eigenvalue weighted by Gasteiger charge is 2.23. The zero-order valence-electron chi connectivity index (χ0n) is 14.6. The van der Waals surface area contributed by atoms with Gasteiger partial charge in [-0.05, 0) is 42.4 Å². The molecule has 1 N–H and O–H groups in total. The van der Waals surface area contributed by atoms with Crippen molar-refractivity contribution in [3.05, 3.63) is 28.8 Å². The summed E-state index contributed by atoms with van der Waals surface area (Å²) in [6.45, 7) is 6.56. The third-order valence-corrected chi connectivity index (χ3v) is 4.51. The molecule has 0 aliphatic heterocycles. The number of ether oxygens (including phenoxy) is 2. The molecule has 0 radical (unpaired) electrons. The molecule has 0 aromatic heterocycles. The molecular formula is C19H28ClNO3. The lowest BCUT2D eigenvalue weighted by Gasteiger charge is -2.12. The monoisotopic (exact) mass is 353 g/mol. The molecule has 1 saturated carbocycles. The first-order valence-corrected chi connectivity index (χ1v) is 9.22. The molecule has 1 aliphatic carbocycles. The van der Waals surface area contributed by atoms with Gasteiger partial charge in [-0.2, -0.15) is 0 Å². The maximum absolute atomic E-state index is 11.6. The number of carbonyl (C=O) groups is 1. The first kappa shape index (κ1) is 19.1. The van der Waals surface area contributed by atoms with Crippen molar-refractivity contribution in [2.45, 2.75) is 46.1 Å².